The summed E-state index contributed by atoms with van der Waals surface area (Å²) in [5.41, 5.74) is 3.46. The van der Waals surface area contributed by atoms with Gasteiger partial charge >= 0.3 is 129 Å². The summed E-state index contributed by atoms with van der Waals surface area (Å²) in [4.78, 5) is 0. The number of hydrogen-bond donors (Lipinski definition) is 0. The van der Waals surface area contributed by atoms with E-state index in [1.54, 1.807) is 11.1 Å². The molecular weight excluding hydrogens is 430 g/mol. The van der Waals surface area contributed by atoms with Gasteiger partial charge in [0.25, 0.3) is 0 Å². The first-order valence-corrected chi connectivity index (χ1v) is 19.6. The summed E-state index contributed by atoms with van der Waals surface area (Å²) < 4.78 is 9.05. The molecule has 0 amide bonds. The molecule has 0 aliphatic heterocycles. The predicted molar refractivity (Wildman–Crippen MR) is 87.3 cm³/mol. The SMILES string of the molecule is C[CH2][Sn]([CH2]C)[CH2]c1ccccc1[CH2][Sn]([CH2]C)[CH2]C. The molecule has 0 unspecified atom stereocenters. The van der Waals surface area contributed by atoms with E-state index in [1.165, 1.54) is 26.6 Å². The van der Waals surface area contributed by atoms with Crippen LogP contribution in [0.25, 0.3) is 0 Å². The Kier molecular flexibility index (Phi) is 9.07. The van der Waals surface area contributed by atoms with Crippen molar-refractivity contribution in [1.82, 2.24) is 0 Å². The molecular formula is C16H28Sn2. The van der Waals surface area contributed by atoms with Crippen molar-refractivity contribution in [3.63, 3.8) is 0 Å². The van der Waals surface area contributed by atoms with Gasteiger partial charge in [0.2, 0.25) is 0 Å². The number of benzene rings is 1. The van der Waals surface area contributed by atoms with E-state index in [0.717, 1.165) is 0 Å². The van der Waals surface area contributed by atoms with Crippen LogP contribution in [0, 0.1) is 0 Å². The van der Waals surface area contributed by atoms with Gasteiger partial charge in [0.1, 0.15) is 0 Å². The van der Waals surface area contributed by atoms with Crippen molar-refractivity contribution in [3.8, 4) is 0 Å². The van der Waals surface area contributed by atoms with E-state index in [-0.39, 0.29) is 0 Å². The van der Waals surface area contributed by atoms with Crippen LogP contribution >= 0.6 is 0 Å². The molecule has 0 fully saturated rings. The van der Waals surface area contributed by atoms with Crippen LogP contribution in [0.2, 0.25) is 17.7 Å². The Morgan fingerprint density at radius 2 is 1.00 bits per heavy atom. The second-order valence-electron chi connectivity index (χ2n) is 5.04. The molecule has 0 aliphatic rings. The van der Waals surface area contributed by atoms with Gasteiger partial charge in [-0.15, -0.1) is 0 Å². The van der Waals surface area contributed by atoms with E-state index in [4.69, 9.17) is 0 Å². The normalized spacial score (nSPS) is 11.4. The number of rotatable bonds is 8. The van der Waals surface area contributed by atoms with Gasteiger partial charge < -0.3 is 0 Å². The Labute approximate surface area is 128 Å². The molecule has 0 N–H and O–H groups in total. The van der Waals surface area contributed by atoms with Crippen LogP contribution in [0.5, 0.6) is 0 Å². The maximum atomic E-state index is 2.42. The van der Waals surface area contributed by atoms with E-state index in [9.17, 15) is 0 Å². The Hall–Kier alpha value is 0.817. The summed E-state index contributed by atoms with van der Waals surface area (Å²) >= 11 is -2.11. The van der Waals surface area contributed by atoms with Crippen molar-refractivity contribution < 1.29 is 0 Å². The van der Waals surface area contributed by atoms with E-state index in [2.05, 4.69) is 52.0 Å². The van der Waals surface area contributed by atoms with Gasteiger partial charge in [0.05, 0.1) is 0 Å². The average molecular weight is 458 g/mol. The van der Waals surface area contributed by atoms with Gasteiger partial charge in [-0.2, -0.15) is 0 Å². The summed E-state index contributed by atoms with van der Waals surface area (Å²) in [5.74, 6) is 0. The van der Waals surface area contributed by atoms with Gasteiger partial charge in [-0.3, -0.25) is 0 Å². The molecule has 0 heterocycles. The van der Waals surface area contributed by atoms with Crippen molar-refractivity contribution >= 4 is 39.5 Å². The third-order valence-corrected chi connectivity index (χ3v) is 20.4. The molecule has 0 aliphatic carbocycles. The Bertz CT molecular complexity index is 295. The fraction of sp³-hybridized carbons (Fsp3) is 0.625. The zero-order chi connectivity index (χ0) is 13.4. The first-order chi connectivity index (χ1) is 8.74. The molecule has 0 nitrogen and oxygen atoms in total. The van der Waals surface area contributed by atoms with Crippen LogP contribution in [-0.2, 0) is 8.87 Å². The van der Waals surface area contributed by atoms with E-state index in [1.807, 2.05) is 0 Å². The molecule has 100 valence electrons. The zero-order valence-corrected chi connectivity index (χ0v) is 18.3. The van der Waals surface area contributed by atoms with Gasteiger partial charge in [-0.1, -0.05) is 0 Å². The quantitative estimate of drug-likeness (QED) is 0.486. The summed E-state index contributed by atoms with van der Waals surface area (Å²) in [6.45, 7) is 9.67. The van der Waals surface area contributed by atoms with Crippen molar-refractivity contribution in [2.24, 2.45) is 0 Å². The van der Waals surface area contributed by atoms with E-state index >= 15 is 0 Å². The maximum absolute atomic E-state index is 2.42. The molecule has 18 heavy (non-hydrogen) atoms. The average Bonchev–Trinajstić information content (AvgIpc) is 2.43. The van der Waals surface area contributed by atoms with Gasteiger partial charge in [-0.25, -0.2) is 0 Å². The second-order valence-corrected chi connectivity index (χ2v) is 23.7. The summed E-state index contributed by atoms with van der Waals surface area (Å²) in [6, 6.07) is 9.36. The molecule has 0 saturated heterocycles. The van der Waals surface area contributed by atoms with Crippen LogP contribution in [-0.4, -0.2) is 39.5 Å². The van der Waals surface area contributed by atoms with Crippen LogP contribution in [0.1, 0.15) is 38.8 Å². The summed E-state index contributed by atoms with van der Waals surface area (Å²) in [6.07, 6.45) is 0. The van der Waals surface area contributed by atoms with Gasteiger partial charge in [-0.05, 0) is 0 Å². The molecule has 0 aromatic heterocycles. The standard InChI is InChI=1S/C8H8.4C2H5.2Sn/c1-7-5-3-4-6-8(7)2;4*1-2;;/h3-6H,1-2H2;4*1H2,2H3;;. The van der Waals surface area contributed by atoms with Crippen molar-refractivity contribution in [2.75, 3.05) is 0 Å². The minimum atomic E-state index is -1.06. The fourth-order valence-electron chi connectivity index (χ4n) is 2.44. The van der Waals surface area contributed by atoms with Crippen molar-refractivity contribution in [2.45, 2.75) is 54.3 Å². The minimum absolute atomic E-state index is 1.06. The predicted octanol–water partition coefficient (Wildman–Crippen LogP) is 4.92. The van der Waals surface area contributed by atoms with E-state index in [0.29, 0.717) is 0 Å². The van der Waals surface area contributed by atoms with Crippen molar-refractivity contribution in [1.29, 1.82) is 0 Å². The van der Waals surface area contributed by atoms with Gasteiger partial charge in [0.15, 0.2) is 0 Å². The van der Waals surface area contributed by atoms with Crippen LogP contribution < -0.4 is 0 Å². The molecule has 0 saturated carbocycles. The Balaban J connectivity index is 2.78. The molecule has 2 radical (unpaired) electrons. The monoisotopic (exact) mass is 460 g/mol. The van der Waals surface area contributed by atoms with Crippen molar-refractivity contribution in [3.05, 3.63) is 35.4 Å². The van der Waals surface area contributed by atoms with E-state index < -0.39 is 39.5 Å². The van der Waals surface area contributed by atoms with Crippen LogP contribution in [0.15, 0.2) is 24.3 Å². The summed E-state index contributed by atoms with van der Waals surface area (Å²) in [5, 5.41) is 0. The Morgan fingerprint density at radius 1 is 0.667 bits per heavy atom. The fourth-order valence-corrected chi connectivity index (χ4v) is 13.2. The molecule has 1 rings (SSSR count). The Morgan fingerprint density at radius 3 is 1.28 bits per heavy atom. The van der Waals surface area contributed by atoms with Crippen LogP contribution in [0.3, 0.4) is 0 Å². The molecule has 2 heteroatoms. The second kappa shape index (κ2) is 9.68. The first kappa shape index (κ1) is 16.9. The topological polar surface area (TPSA) is 0 Å². The third kappa shape index (κ3) is 5.44. The molecule has 0 spiro atoms. The number of hydrogen-bond acceptors (Lipinski definition) is 0. The first-order valence-electron chi connectivity index (χ1n) is 7.48. The molecule has 0 atom stereocenters. The van der Waals surface area contributed by atoms with Gasteiger partial charge in [0, 0.05) is 0 Å². The third-order valence-electron chi connectivity index (χ3n) is 4.00. The molecule has 0 bridgehead atoms. The zero-order valence-electron chi connectivity index (χ0n) is 12.6. The van der Waals surface area contributed by atoms with Crippen LogP contribution in [0.4, 0.5) is 0 Å². The summed E-state index contributed by atoms with van der Waals surface area (Å²) in [7, 11) is 0. The molecule has 1 aromatic rings. The molecule has 1 aromatic carbocycles.